The molecule has 0 aliphatic carbocycles. The van der Waals surface area contributed by atoms with Gasteiger partial charge in [-0.15, -0.1) is 11.3 Å². The summed E-state index contributed by atoms with van der Waals surface area (Å²) in [6, 6.07) is 4.09. The number of esters is 1. The van der Waals surface area contributed by atoms with E-state index in [4.69, 9.17) is 16.3 Å². The molecule has 1 aromatic heterocycles. The van der Waals surface area contributed by atoms with Crippen molar-refractivity contribution < 1.29 is 13.9 Å². The van der Waals surface area contributed by atoms with Crippen LogP contribution in [-0.2, 0) is 9.53 Å². The summed E-state index contributed by atoms with van der Waals surface area (Å²) in [6.07, 6.45) is 1.67. The third kappa shape index (κ3) is 3.67. The summed E-state index contributed by atoms with van der Waals surface area (Å²) >= 11 is 11.1. The standard InChI is InChI=1S/C17H14BrClFN3O2S/c1-2-25-17(24)11-9-22-15(16-21-5-6-26-16)23(14(11)8-18)13-4-3-10(20)7-12(13)19/h3-7H,2,8-9H2,1H3. The summed E-state index contributed by atoms with van der Waals surface area (Å²) in [5.41, 5.74) is 1.57. The normalized spacial score (nSPS) is 14.5. The van der Waals surface area contributed by atoms with Gasteiger partial charge in [0.05, 0.1) is 29.4 Å². The molecule has 0 atom stereocenters. The van der Waals surface area contributed by atoms with Crippen LogP contribution in [0.25, 0.3) is 0 Å². The van der Waals surface area contributed by atoms with Crippen LogP contribution in [0.5, 0.6) is 0 Å². The SMILES string of the molecule is CCOC(=O)C1=C(CBr)N(c2ccc(F)cc2Cl)C(c2nccs2)=NC1. The fourth-order valence-electron chi connectivity index (χ4n) is 2.54. The Morgan fingerprint density at radius 1 is 1.50 bits per heavy atom. The van der Waals surface area contributed by atoms with Gasteiger partial charge in [-0.1, -0.05) is 27.5 Å². The first-order valence-electron chi connectivity index (χ1n) is 7.71. The van der Waals surface area contributed by atoms with Crippen LogP contribution in [0.1, 0.15) is 11.9 Å². The number of carbonyl (C=O) groups is 1. The number of allylic oxidation sites excluding steroid dienone is 1. The Balaban J connectivity index is 2.17. The van der Waals surface area contributed by atoms with Gasteiger partial charge in [-0.3, -0.25) is 9.89 Å². The van der Waals surface area contributed by atoms with Crippen LogP contribution in [0.15, 0.2) is 46.0 Å². The predicted molar refractivity (Wildman–Crippen MR) is 105 cm³/mol. The maximum Gasteiger partial charge on any atom is 0.337 e. The molecule has 5 nitrogen and oxygen atoms in total. The van der Waals surface area contributed by atoms with Crippen LogP contribution in [-0.4, -0.2) is 35.3 Å². The Labute approximate surface area is 167 Å². The van der Waals surface area contributed by atoms with Crippen molar-refractivity contribution in [2.24, 2.45) is 4.99 Å². The number of hydrogen-bond donors (Lipinski definition) is 0. The molecule has 1 aromatic carbocycles. The number of amidine groups is 1. The monoisotopic (exact) mass is 457 g/mol. The fourth-order valence-corrected chi connectivity index (χ4v) is 4.01. The lowest BCUT2D eigenvalue weighted by atomic mass is 10.1. The van der Waals surface area contributed by atoms with Gasteiger partial charge in [0.15, 0.2) is 10.8 Å². The molecule has 26 heavy (non-hydrogen) atoms. The average Bonchev–Trinajstić information content (AvgIpc) is 3.15. The Morgan fingerprint density at radius 2 is 2.31 bits per heavy atom. The van der Waals surface area contributed by atoms with Crippen molar-refractivity contribution in [3.63, 3.8) is 0 Å². The molecule has 0 saturated carbocycles. The zero-order valence-corrected chi connectivity index (χ0v) is 16.9. The molecule has 0 unspecified atom stereocenters. The van der Waals surface area contributed by atoms with E-state index < -0.39 is 11.8 Å². The molecule has 0 N–H and O–H groups in total. The van der Waals surface area contributed by atoms with E-state index in [2.05, 4.69) is 25.9 Å². The van der Waals surface area contributed by atoms with Gasteiger partial charge in [-0.2, -0.15) is 0 Å². The minimum atomic E-state index is -0.446. The highest BCUT2D eigenvalue weighted by molar-refractivity contribution is 9.09. The number of thiazole rings is 1. The maximum absolute atomic E-state index is 13.5. The quantitative estimate of drug-likeness (QED) is 0.492. The van der Waals surface area contributed by atoms with Crippen LogP contribution < -0.4 is 4.90 Å². The van der Waals surface area contributed by atoms with Gasteiger partial charge < -0.3 is 4.74 Å². The van der Waals surface area contributed by atoms with Crippen LogP contribution in [0, 0.1) is 5.82 Å². The first kappa shape index (κ1) is 19.0. The zero-order chi connectivity index (χ0) is 18.7. The molecule has 0 spiro atoms. The van der Waals surface area contributed by atoms with E-state index in [-0.39, 0.29) is 18.2 Å². The number of rotatable bonds is 5. The molecule has 2 heterocycles. The first-order chi connectivity index (χ1) is 12.6. The van der Waals surface area contributed by atoms with Crippen LogP contribution in [0.3, 0.4) is 0 Å². The molecule has 0 radical (unpaired) electrons. The van der Waals surface area contributed by atoms with E-state index in [1.807, 2.05) is 5.38 Å². The molecule has 0 amide bonds. The summed E-state index contributed by atoms with van der Waals surface area (Å²) in [5, 5.41) is 3.07. The topological polar surface area (TPSA) is 54.8 Å². The lowest BCUT2D eigenvalue weighted by Crippen LogP contribution is -2.38. The highest BCUT2D eigenvalue weighted by atomic mass is 79.9. The van der Waals surface area contributed by atoms with Gasteiger partial charge in [0.1, 0.15) is 5.82 Å². The number of anilines is 1. The Kier molecular flexibility index (Phi) is 6.05. The van der Waals surface area contributed by atoms with E-state index >= 15 is 0 Å². The molecule has 1 aliphatic rings. The molecule has 2 aromatic rings. The molecule has 9 heteroatoms. The van der Waals surface area contributed by atoms with E-state index in [1.165, 1.54) is 23.5 Å². The van der Waals surface area contributed by atoms with E-state index in [1.54, 1.807) is 24.1 Å². The van der Waals surface area contributed by atoms with Gasteiger partial charge in [0.2, 0.25) is 0 Å². The van der Waals surface area contributed by atoms with Gasteiger partial charge in [0, 0.05) is 22.6 Å². The number of benzene rings is 1. The van der Waals surface area contributed by atoms with Crippen molar-refractivity contribution in [3.8, 4) is 0 Å². The van der Waals surface area contributed by atoms with Gasteiger partial charge >= 0.3 is 5.97 Å². The highest BCUT2D eigenvalue weighted by Crippen LogP contribution is 2.35. The molecule has 3 rings (SSSR count). The van der Waals surface area contributed by atoms with E-state index in [0.29, 0.717) is 33.1 Å². The number of ether oxygens (including phenoxy) is 1. The van der Waals surface area contributed by atoms with Crippen LogP contribution >= 0.6 is 38.9 Å². The van der Waals surface area contributed by atoms with E-state index in [0.717, 1.165) is 0 Å². The van der Waals surface area contributed by atoms with Crippen molar-refractivity contribution in [2.45, 2.75) is 6.92 Å². The molecular weight excluding hydrogens is 445 g/mol. The minimum absolute atomic E-state index is 0.171. The number of halogens is 3. The van der Waals surface area contributed by atoms with Crippen molar-refractivity contribution >= 4 is 56.4 Å². The lowest BCUT2D eigenvalue weighted by molar-refractivity contribution is -0.138. The number of aromatic nitrogens is 1. The fraction of sp³-hybridized carbons (Fsp3) is 0.235. The summed E-state index contributed by atoms with van der Waals surface area (Å²) in [5.74, 6) is -0.332. The van der Waals surface area contributed by atoms with E-state index in [9.17, 15) is 9.18 Å². The number of alkyl halides is 1. The zero-order valence-electron chi connectivity index (χ0n) is 13.7. The summed E-state index contributed by atoms with van der Waals surface area (Å²) in [4.78, 5) is 22.9. The summed E-state index contributed by atoms with van der Waals surface area (Å²) < 4.78 is 18.7. The van der Waals surface area contributed by atoms with Crippen molar-refractivity contribution in [1.82, 2.24) is 4.98 Å². The van der Waals surface area contributed by atoms with Gasteiger partial charge in [-0.25, -0.2) is 14.2 Å². The smallest absolute Gasteiger partial charge is 0.337 e. The minimum Gasteiger partial charge on any atom is -0.463 e. The highest BCUT2D eigenvalue weighted by Gasteiger charge is 2.31. The first-order valence-corrected chi connectivity index (χ1v) is 10.1. The second kappa shape index (κ2) is 8.28. The van der Waals surface area contributed by atoms with Gasteiger partial charge in [-0.05, 0) is 25.1 Å². The predicted octanol–water partition coefficient (Wildman–Crippen LogP) is 4.41. The van der Waals surface area contributed by atoms with Crippen molar-refractivity contribution in [2.75, 3.05) is 23.4 Å². The average molecular weight is 459 g/mol. The van der Waals surface area contributed by atoms with Crippen LogP contribution in [0.4, 0.5) is 10.1 Å². The summed E-state index contributed by atoms with van der Waals surface area (Å²) in [7, 11) is 0. The third-order valence-corrected chi connectivity index (χ3v) is 5.24. The summed E-state index contributed by atoms with van der Waals surface area (Å²) in [6.45, 7) is 2.18. The molecule has 0 bridgehead atoms. The van der Waals surface area contributed by atoms with Crippen molar-refractivity contribution in [3.05, 3.63) is 56.9 Å². The maximum atomic E-state index is 13.5. The largest absolute Gasteiger partial charge is 0.463 e. The number of nitrogens with zero attached hydrogens (tertiary/aromatic N) is 3. The number of carbonyl (C=O) groups excluding carboxylic acids is 1. The number of hydrogen-bond acceptors (Lipinski definition) is 6. The molecule has 0 fully saturated rings. The third-order valence-electron chi connectivity index (χ3n) is 3.64. The Morgan fingerprint density at radius 3 is 2.92 bits per heavy atom. The molecule has 1 aliphatic heterocycles. The molecule has 136 valence electrons. The Hall–Kier alpha value is -1.77. The van der Waals surface area contributed by atoms with Crippen LogP contribution in [0.2, 0.25) is 5.02 Å². The molecular formula is C17H14BrClFN3O2S. The Bertz CT molecular complexity index is 886. The van der Waals surface area contributed by atoms with Crippen molar-refractivity contribution in [1.29, 1.82) is 0 Å². The molecule has 0 saturated heterocycles. The second-order valence-corrected chi connectivity index (χ2v) is 7.05. The number of aliphatic imine (C=N–C) groups is 1. The van der Waals surface area contributed by atoms with Gasteiger partial charge in [0.25, 0.3) is 0 Å². The lowest BCUT2D eigenvalue weighted by Gasteiger charge is -2.32. The second-order valence-electron chi connectivity index (χ2n) is 5.19.